The number of hydrogen-bond donors (Lipinski definition) is 0. The minimum absolute atomic E-state index is 0.249. The molecule has 2 aromatic rings. The number of hydrogen-bond acceptors (Lipinski definition) is 6. The number of piperazine rings is 1. The molecule has 2 aliphatic rings. The molecule has 0 atom stereocenters. The Morgan fingerprint density at radius 2 is 1.69 bits per heavy atom. The van der Waals surface area contributed by atoms with Crippen LogP contribution in [0.1, 0.15) is 40.0 Å². The molecule has 0 saturated carbocycles. The van der Waals surface area contributed by atoms with E-state index in [2.05, 4.69) is 9.88 Å². The monoisotopic (exact) mass is 460 g/mol. The van der Waals surface area contributed by atoms with Gasteiger partial charge in [0.1, 0.15) is 10.5 Å². The normalized spacial score (nSPS) is 18.7. The van der Waals surface area contributed by atoms with Gasteiger partial charge in [-0.3, -0.25) is 4.98 Å². The zero-order chi connectivity index (χ0) is 22.9. The van der Waals surface area contributed by atoms with Gasteiger partial charge in [0.25, 0.3) is 0 Å². The fourth-order valence-electron chi connectivity index (χ4n) is 4.23. The Balaban J connectivity index is 1.52. The zero-order valence-electron chi connectivity index (χ0n) is 19.1. The molecule has 32 heavy (non-hydrogen) atoms. The van der Waals surface area contributed by atoms with Crippen molar-refractivity contribution in [3.63, 3.8) is 0 Å². The molecular formula is C23H32N4O4S. The minimum atomic E-state index is -3.52. The summed E-state index contributed by atoms with van der Waals surface area (Å²) in [5.41, 5.74) is 1.21. The van der Waals surface area contributed by atoms with E-state index in [9.17, 15) is 13.2 Å². The topological polar surface area (TPSA) is 83.0 Å². The molecule has 4 rings (SSSR count). The van der Waals surface area contributed by atoms with E-state index < -0.39 is 15.6 Å². The summed E-state index contributed by atoms with van der Waals surface area (Å²) >= 11 is 0. The molecule has 2 fully saturated rings. The Morgan fingerprint density at radius 3 is 2.34 bits per heavy atom. The van der Waals surface area contributed by atoms with Crippen LogP contribution in [0.3, 0.4) is 0 Å². The van der Waals surface area contributed by atoms with Gasteiger partial charge in [-0.05, 0) is 45.7 Å². The Kier molecular flexibility index (Phi) is 6.31. The van der Waals surface area contributed by atoms with E-state index in [1.54, 1.807) is 15.3 Å². The van der Waals surface area contributed by atoms with Crippen LogP contribution in [0.5, 0.6) is 0 Å². The predicted molar refractivity (Wildman–Crippen MR) is 124 cm³/mol. The molecular weight excluding hydrogens is 428 g/mol. The number of para-hydroxylation sites is 1. The molecule has 8 nitrogen and oxygen atoms in total. The summed E-state index contributed by atoms with van der Waals surface area (Å²) < 4.78 is 33.1. The number of aromatic nitrogens is 1. The van der Waals surface area contributed by atoms with E-state index in [0.29, 0.717) is 39.3 Å². The lowest BCUT2D eigenvalue weighted by Crippen LogP contribution is -2.50. The fourth-order valence-corrected chi connectivity index (χ4v) is 5.73. The van der Waals surface area contributed by atoms with Gasteiger partial charge in [0.2, 0.25) is 10.0 Å². The summed E-state index contributed by atoms with van der Waals surface area (Å²) in [5.74, 6) is 0. The Labute approximate surface area is 190 Å². The van der Waals surface area contributed by atoms with Crippen molar-refractivity contribution in [1.29, 1.82) is 0 Å². The quantitative estimate of drug-likeness (QED) is 0.698. The number of carbonyl (C=O) groups is 1. The molecule has 1 amide bonds. The second-order valence-corrected chi connectivity index (χ2v) is 11.4. The second-order valence-electron chi connectivity index (χ2n) is 9.44. The number of amides is 1. The molecule has 174 valence electrons. The van der Waals surface area contributed by atoms with E-state index in [1.807, 2.05) is 39.0 Å². The van der Waals surface area contributed by atoms with Crippen LogP contribution in [0.25, 0.3) is 10.9 Å². The molecule has 9 heteroatoms. The average Bonchev–Trinajstić information content (AvgIpc) is 2.78. The Bertz CT molecular complexity index is 1080. The first-order chi connectivity index (χ1) is 15.1. The first-order valence-electron chi connectivity index (χ1n) is 11.3. The van der Waals surface area contributed by atoms with E-state index in [4.69, 9.17) is 4.74 Å². The number of benzene rings is 1. The molecule has 0 N–H and O–H groups in total. The van der Waals surface area contributed by atoms with Crippen LogP contribution in [-0.2, 0) is 14.8 Å². The molecule has 2 saturated heterocycles. The maximum Gasteiger partial charge on any atom is 0.410 e. The summed E-state index contributed by atoms with van der Waals surface area (Å²) in [6.07, 6.45) is 4.07. The maximum absolute atomic E-state index is 13.0. The van der Waals surface area contributed by atoms with Crippen molar-refractivity contribution in [2.45, 2.75) is 50.5 Å². The molecule has 0 spiro atoms. The van der Waals surface area contributed by atoms with Gasteiger partial charge in [-0.25, -0.2) is 13.2 Å². The third-order valence-electron chi connectivity index (χ3n) is 5.89. The van der Waals surface area contributed by atoms with Gasteiger partial charge in [-0.15, -0.1) is 0 Å². The number of pyridine rings is 1. The second kappa shape index (κ2) is 8.86. The predicted octanol–water partition coefficient (Wildman–Crippen LogP) is 3.47. The molecule has 1 aromatic heterocycles. The van der Waals surface area contributed by atoms with Gasteiger partial charge >= 0.3 is 6.09 Å². The van der Waals surface area contributed by atoms with Crippen molar-refractivity contribution in [2.24, 2.45) is 0 Å². The number of rotatable bonds is 3. The van der Waals surface area contributed by atoms with Crippen molar-refractivity contribution in [3.05, 3.63) is 30.5 Å². The van der Waals surface area contributed by atoms with E-state index in [1.165, 1.54) is 6.20 Å². The number of piperidine rings is 1. The van der Waals surface area contributed by atoms with E-state index >= 15 is 0 Å². The number of nitrogens with zero attached hydrogens (tertiary/aromatic N) is 4. The molecule has 0 aliphatic carbocycles. The van der Waals surface area contributed by atoms with Crippen LogP contribution >= 0.6 is 0 Å². The average molecular weight is 461 g/mol. The number of carbonyl (C=O) groups excluding carboxylic acids is 1. The van der Waals surface area contributed by atoms with Crippen molar-refractivity contribution >= 4 is 32.7 Å². The summed E-state index contributed by atoms with van der Waals surface area (Å²) in [6.45, 7) is 9.18. The minimum Gasteiger partial charge on any atom is -0.444 e. The highest BCUT2D eigenvalue weighted by Gasteiger charge is 2.28. The van der Waals surface area contributed by atoms with Crippen molar-refractivity contribution in [3.8, 4) is 0 Å². The lowest BCUT2D eigenvalue weighted by molar-refractivity contribution is 0.0240. The fraction of sp³-hybridized carbons (Fsp3) is 0.565. The molecule has 2 aliphatic heterocycles. The van der Waals surface area contributed by atoms with Crippen molar-refractivity contribution < 1.29 is 17.9 Å². The van der Waals surface area contributed by atoms with Crippen LogP contribution < -0.4 is 4.90 Å². The third-order valence-corrected chi connectivity index (χ3v) is 7.75. The lowest BCUT2D eigenvalue weighted by atomic mass is 10.1. The maximum atomic E-state index is 13.0. The Morgan fingerprint density at radius 1 is 1.00 bits per heavy atom. The molecule has 0 unspecified atom stereocenters. The number of fused-ring (bicyclic) bond motifs is 1. The van der Waals surface area contributed by atoms with Gasteiger partial charge in [0.15, 0.2) is 0 Å². The van der Waals surface area contributed by atoms with Crippen molar-refractivity contribution in [1.82, 2.24) is 14.2 Å². The number of sulfonamides is 1. The zero-order valence-corrected chi connectivity index (χ0v) is 19.9. The lowest BCUT2D eigenvalue weighted by Gasteiger charge is -2.37. The number of anilines is 1. The van der Waals surface area contributed by atoms with Crippen LogP contribution in [-0.4, -0.2) is 73.6 Å². The molecule has 0 radical (unpaired) electrons. The van der Waals surface area contributed by atoms with Gasteiger partial charge in [-0.1, -0.05) is 18.6 Å². The highest BCUT2D eigenvalue weighted by atomic mass is 32.2. The van der Waals surface area contributed by atoms with E-state index in [0.717, 1.165) is 35.9 Å². The van der Waals surface area contributed by atoms with Gasteiger partial charge in [0.05, 0.1) is 11.2 Å². The summed E-state index contributed by atoms with van der Waals surface area (Å²) in [7, 11) is -3.52. The largest absolute Gasteiger partial charge is 0.444 e. The van der Waals surface area contributed by atoms with Crippen LogP contribution in [0.15, 0.2) is 35.4 Å². The summed E-state index contributed by atoms with van der Waals surface area (Å²) in [6, 6.07) is 7.55. The van der Waals surface area contributed by atoms with Crippen molar-refractivity contribution in [2.75, 3.05) is 44.2 Å². The molecule has 3 heterocycles. The SMILES string of the molecule is CC(C)(C)OC(=O)N1CCN(c2cccc3cc(S(=O)(=O)N4CCCCC4)cnc23)CC1. The van der Waals surface area contributed by atoms with Gasteiger partial charge in [-0.2, -0.15) is 4.31 Å². The van der Waals surface area contributed by atoms with Crippen LogP contribution in [0.4, 0.5) is 10.5 Å². The Hall–Kier alpha value is -2.39. The summed E-state index contributed by atoms with van der Waals surface area (Å²) in [4.78, 5) is 21.1. The smallest absolute Gasteiger partial charge is 0.410 e. The van der Waals surface area contributed by atoms with Crippen LogP contribution in [0.2, 0.25) is 0 Å². The van der Waals surface area contributed by atoms with Gasteiger partial charge < -0.3 is 14.5 Å². The highest BCUT2D eigenvalue weighted by molar-refractivity contribution is 7.89. The first-order valence-corrected chi connectivity index (χ1v) is 12.7. The highest BCUT2D eigenvalue weighted by Crippen LogP contribution is 2.29. The van der Waals surface area contributed by atoms with E-state index in [-0.39, 0.29) is 11.0 Å². The third kappa shape index (κ3) is 4.83. The first kappa shape index (κ1) is 22.8. The van der Waals surface area contributed by atoms with Crippen LogP contribution in [0, 0.1) is 0 Å². The molecule has 1 aromatic carbocycles. The summed E-state index contributed by atoms with van der Waals surface area (Å²) in [5, 5.41) is 0.801. The standard InChI is InChI=1S/C23H32N4O4S/c1-23(2,3)31-22(28)26-14-12-25(13-15-26)20-9-7-8-18-16-19(17-24-21(18)20)32(29,30)27-10-5-4-6-11-27/h7-9,16-17H,4-6,10-15H2,1-3H3. The molecule has 0 bridgehead atoms. The number of ether oxygens (including phenoxy) is 1. The van der Waals surface area contributed by atoms with Gasteiger partial charge in [0, 0.05) is 50.9 Å².